The van der Waals surface area contributed by atoms with Crippen molar-refractivity contribution in [3.63, 3.8) is 0 Å². The monoisotopic (exact) mass is 323 g/mol. The van der Waals surface area contributed by atoms with Crippen LogP contribution >= 0.6 is 0 Å². The summed E-state index contributed by atoms with van der Waals surface area (Å²) in [6.07, 6.45) is 1.65. The van der Waals surface area contributed by atoms with Gasteiger partial charge in [0.2, 0.25) is 15.9 Å². The average molecular weight is 323 g/mol. The van der Waals surface area contributed by atoms with E-state index in [0.29, 0.717) is 31.1 Å². The van der Waals surface area contributed by atoms with Gasteiger partial charge in [0, 0.05) is 32.2 Å². The number of carbonyl (C=O) groups excluding carboxylic acids is 1. The van der Waals surface area contributed by atoms with Gasteiger partial charge in [-0.3, -0.25) is 4.79 Å². The van der Waals surface area contributed by atoms with Crippen molar-refractivity contribution < 1.29 is 13.2 Å². The maximum Gasteiger partial charge on any atom is 0.243 e. The Kier molecular flexibility index (Phi) is 4.46. The molecule has 0 radical (unpaired) electrons. The zero-order valence-corrected chi connectivity index (χ0v) is 13.3. The fourth-order valence-corrected chi connectivity index (χ4v) is 4.68. The van der Waals surface area contributed by atoms with Crippen molar-refractivity contribution in [3.05, 3.63) is 30.3 Å². The summed E-state index contributed by atoms with van der Waals surface area (Å²) >= 11 is 0. The van der Waals surface area contributed by atoms with E-state index in [1.165, 1.54) is 4.31 Å². The van der Waals surface area contributed by atoms with Crippen LogP contribution in [0.2, 0.25) is 0 Å². The van der Waals surface area contributed by atoms with Crippen LogP contribution < -0.4 is 5.32 Å². The summed E-state index contributed by atoms with van der Waals surface area (Å²) in [5.41, 5.74) is 0. The highest BCUT2D eigenvalue weighted by Gasteiger charge is 2.34. The lowest BCUT2D eigenvalue weighted by Crippen LogP contribution is -2.57. The number of hydrogen-bond donors (Lipinski definition) is 1. The number of piperazine rings is 1. The third-order valence-corrected chi connectivity index (χ3v) is 6.19. The van der Waals surface area contributed by atoms with E-state index < -0.39 is 10.0 Å². The molecular weight excluding hydrogens is 302 g/mol. The zero-order chi connectivity index (χ0) is 15.6. The number of piperidine rings is 1. The van der Waals surface area contributed by atoms with E-state index >= 15 is 0 Å². The fraction of sp³-hybridized carbons (Fsp3) is 0.533. The fourth-order valence-electron chi connectivity index (χ4n) is 3.14. The predicted molar refractivity (Wildman–Crippen MR) is 82.8 cm³/mol. The lowest BCUT2D eigenvalue weighted by molar-refractivity contribution is -0.135. The summed E-state index contributed by atoms with van der Waals surface area (Å²) in [7, 11) is -3.47. The smallest absolute Gasteiger partial charge is 0.243 e. The lowest BCUT2D eigenvalue weighted by Gasteiger charge is -2.40. The molecule has 22 heavy (non-hydrogen) atoms. The van der Waals surface area contributed by atoms with Crippen LogP contribution in [0.4, 0.5) is 0 Å². The molecule has 0 bridgehead atoms. The third kappa shape index (κ3) is 3.02. The quantitative estimate of drug-likeness (QED) is 0.867. The van der Waals surface area contributed by atoms with Crippen molar-refractivity contribution in [1.82, 2.24) is 14.5 Å². The van der Waals surface area contributed by atoms with Crippen LogP contribution in [-0.4, -0.2) is 62.3 Å². The molecule has 0 aromatic heterocycles. The number of rotatable bonds is 3. The van der Waals surface area contributed by atoms with E-state index in [0.717, 1.165) is 19.4 Å². The van der Waals surface area contributed by atoms with E-state index in [1.807, 2.05) is 4.90 Å². The van der Waals surface area contributed by atoms with Crippen molar-refractivity contribution in [2.75, 3.05) is 32.7 Å². The maximum absolute atomic E-state index is 12.7. The number of amides is 1. The van der Waals surface area contributed by atoms with E-state index in [4.69, 9.17) is 0 Å². The molecule has 7 heteroatoms. The molecule has 2 aliphatic rings. The Morgan fingerprint density at radius 1 is 1.14 bits per heavy atom. The standard InChI is InChI=1S/C15H21N3O3S/c19-15-11-16-8-10-18(15)13-5-4-9-17(12-13)22(20,21)14-6-2-1-3-7-14/h1-3,6-7,13,16H,4-5,8-12H2. The molecule has 1 N–H and O–H groups in total. The van der Waals surface area contributed by atoms with Crippen LogP contribution in [0.1, 0.15) is 12.8 Å². The van der Waals surface area contributed by atoms with Gasteiger partial charge in [-0.15, -0.1) is 0 Å². The maximum atomic E-state index is 12.7. The molecule has 2 heterocycles. The Morgan fingerprint density at radius 3 is 2.64 bits per heavy atom. The number of benzene rings is 1. The lowest BCUT2D eigenvalue weighted by atomic mass is 10.1. The second kappa shape index (κ2) is 6.36. The van der Waals surface area contributed by atoms with Crippen LogP contribution in [0.5, 0.6) is 0 Å². The van der Waals surface area contributed by atoms with E-state index in [-0.39, 0.29) is 11.9 Å². The molecule has 3 rings (SSSR count). The SMILES string of the molecule is O=C1CNCCN1C1CCCN(S(=O)(=O)c2ccccc2)C1. The number of sulfonamides is 1. The normalized spacial score (nSPS) is 24.5. The van der Waals surface area contributed by atoms with Crippen molar-refractivity contribution >= 4 is 15.9 Å². The van der Waals surface area contributed by atoms with Crippen LogP contribution in [0.25, 0.3) is 0 Å². The minimum Gasteiger partial charge on any atom is -0.336 e. The minimum absolute atomic E-state index is 0.0122. The summed E-state index contributed by atoms with van der Waals surface area (Å²) in [4.78, 5) is 14.2. The van der Waals surface area contributed by atoms with E-state index in [9.17, 15) is 13.2 Å². The van der Waals surface area contributed by atoms with Crippen LogP contribution in [-0.2, 0) is 14.8 Å². The third-order valence-electron chi connectivity index (χ3n) is 4.31. The molecule has 1 aromatic carbocycles. The second-order valence-electron chi connectivity index (χ2n) is 5.74. The van der Waals surface area contributed by atoms with Gasteiger partial charge in [-0.05, 0) is 25.0 Å². The van der Waals surface area contributed by atoms with Gasteiger partial charge in [-0.1, -0.05) is 18.2 Å². The topological polar surface area (TPSA) is 69.7 Å². The first-order valence-corrected chi connectivity index (χ1v) is 9.08. The van der Waals surface area contributed by atoms with Gasteiger partial charge in [0.25, 0.3) is 0 Å². The Bertz CT molecular complexity index is 633. The largest absolute Gasteiger partial charge is 0.336 e. The van der Waals surface area contributed by atoms with E-state index in [2.05, 4.69) is 5.32 Å². The van der Waals surface area contributed by atoms with Gasteiger partial charge in [0.15, 0.2) is 0 Å². The molecule has 120 valence electrons. The molecule has 0 aliphatic carbocycles. The Balaban J connectivity index is 1.77. The zero-order valence-electron chi connectivity index (χ0n) is 12.4. The first-order valence-electron chi connectivity index (χ1n) is 7.64. The summed E-state index contributed by atoms with van der Waals surface area (Å²) in [5, 5.41) is 3.05. The number of nitrogens with zero attached hydrogens (tertiary/aromatic N) is 2. The predicted octanol–water partition coefficient (Wildman–Crippen LogP) is 0.272. The van der Waals surface area contributed by atoms with Gasteiger partial charge < -0.3 is 10.2 Å². The molecule has 0 saturated carbocycles. The van der Waals surface area contributed by atoms with Crippen LogP contribution in [0, 0.1) is 0 Å². The number of hydrogen-bond acceptors (Lipinski definition) is 4. The molecule has 6 nitrogen and oxygen atoms in total. The molecular formula is C15H21N3O3S. The number of nitrogens with one attached hydrogen (secondary N) is 1. The summed E-state index contributed by atoms with van der Waals surface area (Å²) in [5.74, 6) is 0.0650. The molecule has 2 fully saturated rings. The first-order chi connectivity index (χ1) is 10.6. The Labute approximate surface area is 131 Å². The van der Waals surface area contributed by atoms with Gasteiger partial charge in [-0.2, -0.15) is 4.31 Å². The molecule has 2 aliphatic heterocycles. The molecule has 1 unspecified atom stereocenters. The Hall–Kier alpha value is -1.44. The highest BCUT2D eigenvalue weighted by Crippen LogP contribution is 2.23. The van der Waals surface area contributed by atoms with Gasteiger partial charge in [-0.25, -0.2) is 8.42 Å². The van der Waals surface area contributed by atoms with Gasteiger partial charge in [0.05, 0.1) is 11.4 Å². The Morgan fingerprint density at radius 2 is 1.91 bits per heavy atom. The summed E-state index contributed by atoms with van der Waals surface area (Å²) in [6, 6.07) is 8.49. The van der Waals surface area contributed by atoms with Crippen molar-refractivity contribution in [2.24, 2.45) is 0 Å². The molecule has 1 aromatic rings. The van der Waals surface area contributed by atoms with Gasteiger partial charge in [0.1, 0.15) is 0 Å². The molecule has 1 atom stereocenters. The highest BCUT2D eigenvalue weighted by atomic mass is 32.2. The highest BCUT2D eigenvalue weighted by molar-refractivity contribution is 7.89. The average Bonchev–Trinajstić information content (AvgIpc) is 2.56. The first kappa shape index (κ1) is 15.5. The second-order valence-corrected chi connectivity index (χ2v) is 7.67. The van der Waals surface area contributed by atoms with Crippen LogP contribution in [0.3, 0.4) is 0 Å². The molecule has 2 saturated heterocycles. The van der Waals surface area contributed by atoms with Gasteiger partial charge >= 0.3 is 0 Å². The van der Waals surface area contributed by atoms with Crippen molar-refractivity contribution in [3.8, 4) is 0 Å². The van der Waals surface area contributed by atoms with E-state index in [1.54, 1.807) is 30.3 Å². The summed E-state index contributed by atoms with van der Waals surface area (Å²) < 4.78 is 26.9. The van der Waals surface area contributed by atoms with Crippen LogP contribution in [0.15, 0.2) is 35.2 Å². The molecule has 0 spiro atoms. The van der Waals surface area contributed by atoms with Crippen molar-refractivity contribution in [2.45, 2.75) is 23.8 Å². The van der Waals surface area contributed by atoms with Crippen molar-refractivity contribution in [1.29, 1.82) is 0 Å². The summed E-state index contributed by atoms with van der Waals surface area (Å²) in [6.45, 7) is 2.69. The minimum atomic E-state index is -3.47. The number of carbonyl (C=O) groups is 1. The molecule has 1 amide bonds.